The minimum atomic E-state index is -0.569. The average Bonchev–Trinajstić information content (AvgIpc) is 3.44. The molecule has 1 heterocycles. The zero-order valence-corrected chi connectivity index (χ0v) is 20.8. The molecule has 7 nitrogen and oxygen atoms in total. The predicted octanol–water partition coefficient (Wildman–Crippen LogP) is 3.05. The first kappa shape index (κ1) is 24.3. The average molecular weight is 475 g/mol. The molecule has 5 rings (SSSR count). The Morgan fingerprint density at radius 1 is 1.21 bits per heavy atom. The second-order valence-corrected chi connectivity index (χ2v) is 11.9. The van der Waals surface area contributed by atoms with E-state index in [9.17, 15) is 15.0 Å². The molecule has 0 bridgehead atoms. The first-order valence-corrected chi connectivity index (χ1v) is 13.3. The van der Waals surface area contributed by atoms with Crippen LogP contribution in [0.2, 0.25) is 0 Å². The number of aliphatic hydroxyl groups excluding tert-OH is 2. The largest absolute Gasteiger partial charge is 0.465 e. The molecule has 0 amide bonds. The van der Waals surface area contributed by atoms with E-state index < -0.39 is 6.10 Å². The molecule has 4 aliphatic carbocycles. The van der Waals surface area contributed by atoms with Gasteiger partial charge in [0.25, 0.3) is 0 Å². The zero-order valence-electron chi connectivity index (χ0n) is 20.8. The molecule has 190 valence electrons. The third kappa shape index (κ3) is 3.82. The third-order valence-corrected chi connectivity index (χ3v) is 10.5. The maximum atomic E-state index is 11.9. The van der Waals surface area contributed by atoms with Gasteiger partial charge >= 0.3 is 5.97 Å². The maximum absolute atomic E-state index is 11.9. The molecule has 1 aliphatic heterocycles. The SMILES string of the molecule is C=C1CCC2C3C(CC[C@]12C)[C@@]1(COC(C)=O)CCC(=NOC2CCNC2)CC1[C@@H](CO)[C@H]3O. The van der Waals surface area contributed by atoms with E-state index in [1.54, 1.807) is 0 Å². The topological polar surface area (TPSA) is 100 Å². The standard InChI is InChI=1S/C27H42N2O5/c1-16-4-5-21-24-22(7-9-26(16,21)3)27(15-33-17(2)31)10-6-18(29-34-19-8-11-28-13-19)12-23(27)20(14-30)25(24)32/h19-25,28,30,32H,1,4-15H2,2-3H3/t19?,20-,21?,22?,23?,24?,25-,26-,27+/m1/s1. The van der Waals surface area contributed by atoms with Gasteiger partial charge < -0.3 is 25.1 Å². The summed E-state index contributed by atoms with van der Waals surface area (Å²) in [5, 5.41) is 30.2. The number of nitrogens with one attached hydrogen (secondary N) is 1. The van der Waals surface area contributed by atoms with Crippen LogP contribution in [0.4, 0.5) is 0 Å². The number of hydrogen-bond acceptors (Lipinski definition) is 7. The third-order valence-electron chi connectivity index (χ3n) is 10.5. The lowest BCUT2D eigenvalue weighted by Crippen LogP contribution is -2.64. The Morgan fingerprint density at radius 2 is 2.03 bits per heavy atom. The van der Waals surface area contributed by atoms with Gasteiger partial charge in [0.2, 0.25) is 0 Å². The molecule has 0 aromatic rings. The zero-order chi connectivity index (χ0) is 24.1. The minimum absolute atomic E-state index is 0.0138. The second kappa shape index (κ2) is 9.21. The number of oxime groups is 1. The van der Waals surface area contributed by atoms with Crippen molar-refractivity contribution in [1.82, 2.24) is 5.32 Å². The molecule has 34 heavy (non-hydrogen) atoms. The Hall–Kier alpha value is -1.44. The van der Waals surface area contributed by atoms with Gasteiger partial charge in [-0.05, 0) is 80.6 Å². The van der Waals surface area contributed by atoms with E-state index >= 15 is 0 Å². The molecule has 5 aliphatic rings. The lowest BCUT2D eigenvalue weighted by Gasteiger charge is -2.64. The van der Waals surface area contributed by atoms with E-state index in [1.807, 2.05) is 0 Å². The summed E-state index contributed by atoms with van der Waals surface area (Å²) in [5.74, 6) is 0.224. The summed E-state index contributed by atoms with van der Waals surface area (Å²) in [6, 6.07) is 0. The highest BCUT2D eigenvalue weighted by molar-refractivity contribution is 5.85. The van der Waals surface area contributed by atoms with E-state index in [4.69, 9.17) is 9.57 Å². The van der Waals surface area contributed by atoms with Crippen LogP contribution < -0.4 is 5.32 Å². The lowest BCUT2D eigenvalue weighted by atomic mass is 9.42. The van der Waals surface area contributed by atoms with Gasteiger partial charge in [0.05, 0.1) is 18.4 Å². The van der Waals surface area contributed by atoms with Gasteiger partial charge in [-0.3, -0.25) is 4.79 Å². The highest BCUT2D eigenvalue weighted by atomic mass is 16.6. The minimum Gasteiger partial charge on any atom is -0.465 e. The van der Waals surface area contributed by atoms with Gasteiger partial charge in [-0.15, -0.1) is 0 Å². The summed E-state index contributed by atoms with van der Waals surface area (Å²) < 4.78 is 5.75. The Morgan fingerprint density at radius 3 is 2.74 bits per heavy atom. The van der Waals surface area contributed by atoms with Crippen LogP contribution in [0.3, 0.4) is 0 Å². The molecular formula is C27H42N2O5. The quantitative estimate of drug-likeness (QED) is 0.322. The fraction of sp³-hybridized carbons (Fsp3) is 0.852. The van der Waals surface area contributed by atoms with Crippen molar-refractivity contribution in [3.8, 4) is 0 Å². The highest BCUT2D eigenvalue weighted by Gasteiger charge is 2.65. The molecule has 0 radical (unpaired) electrons. The normalized spacial score (nSPS) is 47.1. The van der Waals surface area contributed by atoms with Crippen molar-refractivity contribution in [2.24, 2.45) is 45.6 Å². The molecular weight excluding hydrogens is 432 g/mol. The van der Waals surface area contributed by atoms with Gasteiger partial charge in [0.1, 0.15) is 6.10 Å². The summed E-state index contributed by atoms with van der Waals surface area (Å²) in [7, 11) is 0. The second-order valence-electron chi connectivity index (χ2n) is 11.9. The summed E-state index contributed by atoms with van der Waals surface area (Å²) in [5.41, 5.74) is 2.13. The van der Waals surface area contributed by atoms with Gasteiger partial charge in [-0.2, -0.15) is 0 Å². The van der Waals surface area contributed by atoms with E-state index in [-0.39, 0.29) is 53.2 Å². The van der Waals surface area contributed by atoms with Gasteiger partial charge in [-0.1, -0.05) is 24.2 Å². The molecule has 0 aromatic heterocycles. The van der Waals surface area contributed by atoms with Crippen molar-refractivity contribution in [2.45, 2.75) is 77.4 Å². The lowest BCUT2D eigenvalue weighted by molar-refractivity contribution is -0.208. The van der Waals surface area contributed by atoms with Gasteiger partial charge in [-0.25, -0.2) is 0 Å². The number of aliphatic hydroxyl groups is 2. The monoisotopic (exact) mass is 474 g/mol. The van der Waals surface area contributed by atoms with Crippen molar-refractivity contribution in [1.29, 1.82) is 0 Å². The fourth-order valence-corrected chi connectivity index (χ4v) is 8.64. The number of rotatable bonds is 5. The van der Waals surface area contributed by atoms with Crippen LogP contribution in [-0.2, 0) is 14.4 Å². The number of nitrogens with zero attached hydrogens (tertiary/aromatic N) is 1. The molecule has 5 unspecified atom stereocenters. The molecule has 4 saturated carbocycles. The van der Waals surface area contributed by atoms with Crippen molar-refractivity contribution >= 4 is 11.7 Å². The van der Waals surface area contributed by atoms with Crippen molar-refractivity contribution < 1.29 is 24.6 Å². The maximum Gasteiger partial charge on any atom is 0.302 e. The molecule has 5 fully saturated rings. The van der Waals surface area contributed by atoms with Crippen LogP contribution in [0.15, 0.2) is 17.3 Å². The molecule has 0 spiro atoms. The van der Waals surface area contributed by atoms with E-state index in [1.165, 1.54) is 12.5 Å². The highest BCUT2D eigenvalue weighted by Crippen LogP contribution is 2.68. The number of fused-ring (bicyclic) bond motifs is 5. The van der Waals surface area contributed by atoms with Crippen LogP contribution in [0.1, 0.15) is 65.2 Å². The first-order valence-electron chi connectivity index (χ1n) is 13.3. The van der Waals surface area contributed by atoms with Crippen molar-refractivity contribution in [3.05, 3.63) is 12.2 Å². The van der Waals surface area contributed by atoms with Crippen LogP contribution >= 0.6 is 0 Å². The van der Waals surface area contributed by atoms with E-state index in [0.29, 0.717) is 18.9 Å². The van der Waals surface area contributed by atoms with Crippen LogP contribution in [0, 0.1) is 40.4 Å². The Balaban J connectivity index is 1.48. The number of carbonyl (C=O) groups excluding carboxylic acids is 1. The molecule has 0 aromatic carbocycles. The van der Waals surface area contributed by atoms with E-state index in [2.05, 4.69) is 24.0 Å². The fourth-order valence-electron chi connectivity index (χ4n) is 8.64. The van der Waals surface area contributed by atoms with Crippen LogP contribution in [0.5, 0.6) is 0 Å². The van der Waals surface area contributed by atoms with Crippen LogP contribution in [0.25, 0.3) is 0 Å². The number of ether oxygens (including phenoxy) is 1. The van der Waals surface area contributed by atoms with Crippen molar-refractivity contribution in [2.75, 3.05) is 26.3 Å². The van der Waals surface area contributed by atoms with Crippen molar-refractivity contribution in [3.63, 3.8) is 0 Å². The van der Waals surface area contributed by atoms with Gasteiger partial charge in [0, 0.05) is 37.8 Å². The van der Waals surface area contributed by atoms with Gasteiger partial charge in [0.15, 0.2) is 0 Å². The Labute approximate surface area is 203 Å². The number of hydrogen-bond donors (Lipinski definition) is 3. The first-order chi connectivity index (χ1) is 16.3. The number of esters is 1. The summed E-state index contributed by atoms with van der Waals surface area (Å²) >= 11 is 0. The Kier molecular flexibility index (Phi) is 6.57. The number of allylic oxidation sites excluding steroid dienone is 1. The summed E-state index contributed by atoms with van der Waals surface area (Å²) in [6.07, 6.45) is 6.99. The molecule has 7 heteroatoms. The predicted molar refractivity (Wildman–Crippen MR) is 129 cm³/mol. The summed E-state index contributed by atoms with van der Waals surface area (Å²) in [4.78, 5) is 17.8. The van der Waals surface area contributed by atoms with Crippen LogP contribution in [-0.4, -0.2) is 60.4 Å². The Bertz CT molecular complexity index is 839. The molecule has 3 N–H and O–H groups in total. The number of carbonyl (C=O) groups is 1. The summed E-state index contributed by atoms with van der Waals surface area (Å²) in [6.45, 7) is 10.3. The smallest absolute Gasteiger partial charge is 0.302 e. The molecule has 1 saturated heterocycles. The molecule has 9 atom stereocenters. The van der Waals surface area contributed by atoms with E-state index in [0.717, 1.165) is 63.7 Å².